The number of carbonyl (C=O) groups is 1. The quantitative estimate of drug-likeness (QED) is 0.674. The molecular weight excluding hydrogens is 324 g/mol. The van der Waals surface area contributed by atoms with E-state index in [0.29, 0.717) is 24.9 Å². The maximum atomic E-state index is 12.7. The van der Waals surface area contributed by atoms with E-state index in [0.717, 1.165) is 23.6 Å². The molecule has 0 spiro atoms. The Morgan fingerprint density at radius 1 is 1.15 bits per heavy atom. The van der Waals surface area contributed by atoms with Gasteiger partial charge in [-0.15, -0.1) is 0 Å². The molecule has 0 radical (unpaired) electrons. The first kappa shape index (κ1) is 18.5. The minimum Gasteiger partial charge on any atom is -0.461 e. The molecule has 0 N–H and O–H groups in total. The first-order valence-corrected chi connectivity index (χ1v) is 9.28. The molecule has 0 saturated heterocycles. The summed E-state index contributed by atoms with van der Waals surface area (Å²) >= 11 is 0. The van der Waals surface area contributed by atoms with Gasteiger partial charge in [-0.2, -0.15) is 0 Å². The monoisotopic (exact) mass is 352 g/mol. The third-order valence-electron chi connectivity index (χ3n) is 4.86. The number of benzene rings is 1. The number of likely N-dealkylation sites (N-methyl/N-ethyl adjacent to an activating group) is 1. The van der Waals surface area contributed by atoms with Crippen LogP contribution in [0.3, 0.4) is 0 Å². The molecule has 4 nitrogen and oxygen atoms in total. The van der Waals surface area contributed by atoms with Crippen molar-refractivity contribution in [3.63, 3.8) is 0 Å². The highest BCUT2D eigenvalue weighted by Gasteiger charge is 2.36. The van der Waals surface area contributed by atoms with Crippen LogP contribution in [0.15, 0.2) is 53.0 Å². The van der Waals surface area contributed by atoms with Crippen LogP contribution in [-0.4, -0.2) is 42.9 Å². The molecule has 1 amide bonds. The fraction of sp³-hybridized carbons (Fsp3) is 0.409. The zero-order chi connectivity index (χ0) is 18.5. The van der Waals surface area contributed by atoms with E-state index in [2.05, 4.69) is 24.0 Å². The van der Waals surface area contributed by atoms with Crippen molar-refractivity contribution in [3.8, 4) is 0 Å². The summed E-state index contributed by atoms with van der Waals surface area (Å²) in [7, 11) is 4.04. The Morgan fingerprint density at radius 2 is 1.88 bits per heavy atom. The standard InChI is InChI=1S/C22H28N2O2/c1-17-15-20(17)21-11-9-19(26-21)10-12-22(25)24(14-13-23(2)3)16-18-7-5-4-6-8-18/h4-12,17,20H,13-16H2,1-3H3/b12-10+. The third-order valence-corrected chi connectivity index (χ3v) is 4.86. The van der Waals surface area contributed by atoms with E-state index in [1.807, 2.05) is 49.3 Å². The molecule has 1 heterocycles. The maximum Gasteiger partial charge on any atom is 0.247 e. The van der Waals surface area contributed by atoms with Gasteiger partial charge in [0.15, 0.2) is 0 Å². The first-order chi connectivity index (χ1) is 12.5. The van der Waals surface area contributed by atoms with Crippen LogP contribution in [0.2, 0.25) is 0 Å². The summed E-state index contributed by atoms with van der Waals surface area (Å²) in [5.41, 5.74) is 1.14. The Bertz CT molecular complexity index is 749. The van der Waals surface area contributed by atoms with E-state index in [4.69, 9.17) is 4.42 Å². The van der Waals surface area contributed by atoms with Crippen molar-refractivity contribution in [1.82, 2.24) is 9.80 Å². The van der Waals surface area contributed by atoms with Crippen LogP contribution in [-0.2, 0) is 11.3 Å². The minimum absolute atomic E-state index is 0.00782. The van der Waals surface area contributed by atoms with Crippen LogP contribution < -0.4 is 0 Å². The van der Waals surface area contributed by atoms with Crippen LogP contribution in [0.5, 0.6) is 0 Å². The second-order valence-corrected chi connectivity index (χ2v) is 7.44. The molecule has 2 aromatic rings. The van der Waals surface area contributed by atoms with Crippen LogP contribution in [0.4, 0.5) is 0 Å². The van der Waals surface area contributed by atoms with E-state index in [9.17, 15) is 4.79 Å². The molecule has 1 aliphatic carbocycles. The van der Waals surface area contributed by atoms with Crippen molar-refractivity contribution in [2.45, 2.75) is 25.8 Å². The molecule has 2 atom stereocenters. The summed E-state index contributed by atoms with van der Waals surface area (Å²) in [6.45, 7) is 4.37. The second-order valence-electron chi connectivity index (χ2n) is 7.44. The van der Waals surface area contributed by atoms with Gasteiger partial charge >= 0.3 is 0 Å². The average Bonchev–Trinajstić information content (AvgIpc) is 3.17. The lowest BCUT2D eigenvalue weighted by Gasteiger charge is -2.23. The van der Waals surface area contributed by atoms with E-state index in [-0.39, 0.29) is 5.91 Å². The zero-order valence-electron chi connectivity index (χ0n) is 15.9. The molecule has 1 aromatic carbocycles. The van der Waals surface area contributed by atoms with Crippen LogP contribution in [0, 0.1) is 5.92 Å². The van der Waals surface area contributed by atoms with Gasteiger partial charge in [-0.1, -0.05) is 37.3 Å². The lowest BCUT2D eigenvalue weighted by Crippen LogP contribution is -2.35. The Hall–Kier alpha value is -2.33. The molecule has 4 heteroatoms. The Kier molecular flexibility index (Phi) is 5.94. The molecule has 0 aliphatic heterocycles. The molecule has 1 aliphatic rings. The summed E-state index contributed by atoms with van der Waals surface area (Å²) in [5.74, 6) is 3.07. The number of hydrogen-bond donors (Lipinski definition) is 0. The average molecular weight is 352 g/mol. The fourth-order valence-corrected chi connectivity index (χ4v) is 3.03. The van der Waals surface area contributed by atoms with Crippen LogP contribution in [0.25, 0.3) is 6.08 Å². The SMILES string of the molecule is CC1CC1c1ccc(/C=C/C(=O)N(CCN(C)C)Cc2ccccc2)o1. The molecule has 1 fully saturated rings. The van der Waals surface area contributed by atoms with Gasteiger partial charge in [0.1, 0.15) is 11.5 Å². The molecule has 2 unspecified atom stereocenters. The minimum atomic E-state index is 0.00782. The van der Waals surface area contributed by atoms with Crippen molar-refractivity contribution >= 4 is 12.0 Å². The molecule has 1 aromatic heterocycles. The highest BCUT2D eigenvalue weighted by atomic mass is 16.3. The normalized spacial score (nSPS) is 19.2. The zero-order valence-corrected chi connectivity index (χ0v) is 15.9. The summed E-state index contributed by atoms with van der Waals surface area (Å²) < 4.78 is 5.86. The highest BCUT2D eigenvalue weighted by Crippen LogP contribution is 2.47. The number of furan rings is 1. The van der Waals surface area contributed by atoms with Crippen molar-refractivity contribution < 1.29 is 9.21 Å². The van der Waals surface area contributed by atoms with Crippen LogP contribution >= 0.6 is 0 Å². The lowest BCUT2D eigenvalue weighted by atomic mass is 10.2. The molecule has 138 valence electrons. The van der Waals surface area contributed by atoms with Gasteiger partial charge in [0.05, 0.1) is 0 Å². The second kappa shape index (κ2) is 8.37. The lowest BCUT2D eigenvalue weighted by molar-refractivity contribution is -0.126. The van der Waals surface area contributed by atoms with Crippen molar-refractivity contribution in [3.05, 3.63) is 65.6 Å². The Morgan fingerprint density at radius 3 is 2.54 bits per heavy atom. The Balaban J connectivity index is 1.64. The number of hydrogen-bond acceptors (Lipinski definition) is 3. The van der Waals surface area contributed by atoms with E-state index in [1.165, 1.54) is 6.42 Å². The highest BCUT2D eigenvalue weighted by molar-refractivity contribution is 5.91. The maximum absolute atomic E-state index is 12.7. The van der Waals surface area contributed by atoms with E-state index >= 15 is 0 Å². The fourth-order valence-electron chi connectivity index (χ4n) is 3.03. The number of amides is 1. The topological polar surface area (TPSA) is 36.7 Å². The largest absolute Gasteiger partial charge is 0.461 e. The van der Waals surface area contributed by atoms with Crippen molar-refractivity contribution in [2.24, 2.45) is 5.92 Å². The summed E-state index contributed by atoms with van der Waals surface area (Å²) in [4.78, 5) is 16.7. The summed E-state index contributed by atoms with van der Waals surface area (Å²) in [6.07, 6.45) is 4.61. The Labute approximate surface area is 156 Å². The predicted molar refractivity (Wildman–Crippen MR) is 105 cm³/mol. The van der Waals surface area contributed by atoms with Gasteiger partial charge in [-0.05, 0) is 50.2 Å². The third kappa shape index (κ3) is 5.09. The van der Waals surface area contributed by atoms with Gasteiger partial charge < -0.3 is 14.2 Å². The molecule has 1 saturated carbocycles. The first-order valence-electron chi connectivity index (χ1n) is 9.28. The molecule has 3 rings (SSSR count). The number of rotatable bonds is 8. The van der Waals surface area contributed by atoms with Gasteiger partial charge in [-0.25, -0.2) is 0 Å². The molecular formula is C22H28N2O2. The van der Waals surface area contributed by atoms with Gasteiger partial charge in [0, 0.05) is 31.6 Å². The van der Waals surface area contributed by atoms with Crippen LogP contribution in [0.1, 0.15) is 36.3 Å². The van der Waals surface area contributed by atoms with Crippen molar-refractivity contribution in [2.75, 3.05) is 27.2 Å². The van der Waals surface area contributed by atoms with E-state index in [1.54, 1.807) is 12.2 Å². The smallest absolute Gasteiger partial charge is 0.247 e. The molecule has 26 heavy (non-hydrogen) atoms. The summed E-state index contributed by atoms with van der Waals surface area (Å²) in [5, 5.41) is 0. The van der Waals surface area contributed by atoms with Gasteiger partial charge in [0.25, 0.3) is 0 Å². The van der Waals surface area contributed by atoms with Gasteiger partial charge in [0.2, 0.25) is 5.91 Å². The van der Waals surface area contributed by atoms with Gasteiger partial charge in [-0.3, -0.25) is 4.79 Å². The number of carbonyl (C=O) groups excluding carboxylic acids is 1. The molecule has 0 bridgehead atoms. The summed E-state index contributed by atoms with van der Waals surface area (Å²) in [6, 6.07) is 14.1. The van der Waals surface area contributed by atoms with Crippen molar-refractivity contribution in [1.29, 1.82) is 0 Å². The van der Waals surface area contributed by atoms with E-state index < -0.39 is 0 Å². The number of nitrogens with zero attached hydrogens (tertiary/aromatic N) is 2. The predicted octanol–water partition coefficient (Wildman–Crippen LogP) is 4.01.